The van der Waals surface area contributed by atoms with Gasteiger partial charge in [0.05, 0.1) is 0 Å². The molecule has 0 aliphatic heterocycles. The fraction of sp³-hybridized carbons (Fsp3) is 0. The Hall–Kier alpha value is 2.61. The molecule has 0 nitrogen and oxygen atoms in total. The first-order chi connectivity index (χ1) is 6.00. The maximum atomic E-state index is 3.85. The van der Waals surface area contributed by atoms with Crippen LogP contribution in [0.25, 0.3) is 6.08 Å². The highest BCUT2D eigenvalue weighted by atomic mass is 127. The van der Waals surface area contributed by atoms with Crippen molar-refractivity contribution in [2.24, 2.45) is 0 Å². The minimum Gasteiger partial charge on any atom is -0.0984 e. The summed E-state index contributed by atoms with van der Waals surface area (Å²) in [6.45, 7) is 3.85. The summed E-state index contributed by atoms with van der Waals surface area (Å²) in [6.07, 6.45) is 1.93. The van der Waals surface area contributed by atoms with Crippen LogP contribution in [0.4, 0.5) is 0 Å². The molecule has 0 amide bonds. The van der Waals surface area contributed by atoms with Crippen molar-refractivity contribution >= 4 is 119 Å². The molecule has 0 aliphatic carbocycles. The van der Waals surface area contributed by atoms with Crippen LogP contribution in [0.15, 0.2) is 6.58 Å². The van der Waals surface area contributed by atoms with Gasteiger partial charge in [-0.05, 0) is 113 Å². The summed E-state index contributed by atoms with van der Waals surface area (Å²) in [6, 6.07) is 0. The van der Waals surface area contributed by atoms with Crippen LogP contribution >= 0.6 is 113 Å². The molecular formula is C8H3I5. The van der Waals surface area contributed by atoms with Crippen molar-refractivity contribution < 1.29 is 0 Å². The Balaban J connectivity index is 3.66. The number of hydrogen-bond donors (Lipinski definition) is 0. The zero-order valence-electron chi connectivity index (χ0n) is 6.17. The van der Waals surface area contributed by atoms with E-state index < -0.39 is 0 Å². The van der Waals surface area contributed by atoms with Crippen LogP contribution in [0.3, 0.4) is 0 Å². The molecule has 0 unspecified atom stereocenters. The molecule has 0 aliphatic rings. The van der Waals surface area contributed by atoms with Crippen molar-refractivity contribution in [3.05, 3.63) is 30.0 Å². The third-order valence-electron chi connectivity index (χ3n) is 1.45. The summed E-state index contributed by atoms with van der Waals surface area (Å²) in [5.41, 5.74) is 1.26. The Bertz CT molecular complexity index is 340. The van der Waals surface area contributed by atoms with E-state index in [-0.39, 0.29) is 0 Å². The lowest BCUT2D eigenvalue weighted by atomic mass is 10.2. The Morgan fingerprint density at radius 3 is 1.31 bits per heavy atom. The number of hydrogen-bond acceptors (Lipinski definition) is 0. The molecule has 0 saturated heterocycles. The predicted molar refractivity (Wildman–Crippen MR) is 100 cm³/mol. The minimum atomic E-state index is 1.26. The third-order valence-corrected chi connectivity index (χ3v) is 11.1. The molecule has 1 aromatic rings. The molecule has 0 radical (unpaired) electrons. The highest BCUT2D eigenvalue weighted by molar-refractivity contribution is 14.1. The second-order valence-electron chi connectivity index (χ2n) is 2.19. The second-order valence-corrected chi connectivity index (χ2v) is 7.58. The van der Waals surface area contributed by atoms with E-state index in [9.17, 15) is 0 Å². The fourth-order valence-electron chi connectivity index (χ4n) is 0.801. The predicted octanol–water partition coefficient (Wildman–Crippen LogP) is 5.35. The standard InChI is InChI=1S/C8H3I5/c1-2-3-4(9)6(11)8(13)7(12)5(3)10/h2H,1H2. The van der Waals surface area contributed by atoms with Gasteiger partial charge in [0.2, 0.25) is 0 Å². The van der Waals surface area contributed by atoms with Crippen molar-refractivity contribution in [1.29, 1.82) is 0 Å². The van der Waals surface area contributed by atoms with Gasteiger partial charge in [0, 0.05) is 23.4 Å². The van der Waals surface area contributed by atoms with Crippen LogP contribution in [0.1, 0.15) is 5.56 Å². The van der Waals surface area contributed by atoms with Crippen LogP contribution < -0.4 is 0 Å². The van der Waals surface area contributed by atoms with Gasteiger partial charge in [-0.1, -0.05) is 12.7 Å². The molecule has 0 N–H and O–H groups in total. The van der Waals surface area contributed by atoms with E-state index >= 15 is 0 Å². The van der Waals surface area contributed by atoms with Gasteiger partial charge in [0.25, 0.3) is 0 Å². The third kappa shape index (κ3) is 2.84. The molecule has 0 aromatic heterocycles. The first-order valence-corrected chi connectivity index (χ1v) is 8.54. The SMILES string of the molecule is C=Cc1c(I)c(I)c(I)c(I)c1I. The van der Waals surface area contributed by atoms with Gasteiger partial charge in [-0.3, -0.25) is 0 Å². The first kappa shape index (κ1) is 13.7. The summed E-state index contributed by atoms with van der Waals surface area (Å²) in [5, 5.41) is 0. The van der Waals surface area contributed by atoms with E-state index in [1.54, 1.807) is 0 Å². The summed E-state index contributed by atoms with van der Waals surface area (Å²) in [5.74, 6) is 0. The Labute approximate surface area is 146 Å². The molecule has 0 fully saturated rings. The van der Waals surface area contributed by atoms with Crippen molar-refractivity contribution in [2.75, 3.05) is 0 Å². The van der Waals surface area contributed by atoms with Crippen molar-refractivity contribution in [3.8, 4) is 0 Å². The van der Waals surface area contributed by atoms with E-state index in [2.05, 4.69) is 120 Å². The second kappa shape index (κ2) is 5.80. The Morgan fingerprint density at radius 1 is 0.692 bits per heavy atom. The lowest BCUT2D eigenvalue weighted by Gasteiger charge is -2.10. The van der Waals surface area contributed by atoms with Gasteiger partial charge in [0.15, 0.2) is 0 Å². The summed E-state index contributed by atoms with van der Waals surface area (Å²) >= 11 is 11.9. The van der Waals surface area contributed by atoms with Crippen LogP contribution in [0.5, 0.6) is 0 Å². The van der Waals surface area contributed by atoms with Gasteiger partial charge in [-0.2, -0.15) is 0 Å². The number of halogens is 5. The fourth-order valence-corrected chi connectivity index (χ4v) is 6.04. The van der Waals surface area contributed by atoms with E-state index in [1.807, 2.05) is 6.08 Å². The monoisotopic (exact) mass is 734 g/mol. The highest BCUT2D eigenvalue weighted by Crippen LogP contribution is 2.33. The van der Waals surface area contributed by atoms with Crippen LogP contribution in [0.2, 0.25) is 0 Å². The molecule has 1 rings (SSSR count). The normalized spacial score (nSPS) is 10.2. The Morgan fingerprint density at radius 2 is 1.00 bits per heavy atom. The van der Waals surface area contributed by atoms with E-state index in [1.165, 1.54) is 23.4 Å². The average Bonchev–Trinajstić information content (AvgIpc) is 2.13. The summed E-state index contributed by atoms with van der Waals surface area (Å²) in [4.78, 5) is 0. The zero-order valence-corrected chi connectivity index (χ0v) is 17.0. The van der Waals surface area contributed by atoms with Gasteiger partial charge in [-0.25, -0.2) is 0 Å². The van der Waals surface area contributed by atoms with E-state index in [0.29, 0.717) is 0 Å². The summed E-state index contributed by atoms with van der Waals surface area (Å²) in [7, 11) is 0. The molecule has 1 aromatic carbocycles. The van der Waals surface area contributed by atoms with Gasteiger partial charge < -0.3 is 0 Å². The lowest BCUT2D eigenvalue weighted by Crippen LogP contribution is -1.98. The first-order valence-electron chi connectivity index (χ1n) is 3.14. The van der Waals surface area contributed by atoms with E-state index in [0.717, 1.165) is 0 Å². The zero-order chi connectivity index (χ0) is 10.2. The smallest absolute Gasteiger partial charge is 0.0419 e. The molecule has 70 valence electrons. The van der Waals surface area contributed by atoms with Crippen molar-refractivity contribution in [3.63, 3.8) is 0 Å². The molecule has 0 saturated carbocycles. The largest absolute Gasteiger partial charge is 0.0984 e. The number of rotatable bonds is 1. The van der Waals surface area contributed by atoms with Gasteiger partial charge in [-0.15, -0.1) is 0 Å². The molecular weight excluding hydrogens is 731 g/mol. The van der Waals surface area contributed by atoms with Crippen LogP contribution in [0, 0.1) is 17.9 Å². The van der Waals surface area contributed by atoms with Crippen molar-refractivity contribution in [1.82, 2.24) is 0 Å². The minimum absolute atomic E-state index is 1.26. The molecule has 13 heavy (non-hydrogen) atoms. The highest BCUT2D eigenvalue weighted by Gasteiger charge is 2.14. The topological polar surface area (TPSA) is 0 Å². The Kier molecular flexibility index (Phi) is 6.10. The average molecular weight is 734 g/mol. The van der Waals surface area contributed by atoms with Crippen LogP contribution in [-0.2, 0) is 0 Å². The molecule has 5 heteroatoms. The molecule has 0 bridgehead atoms. The van der Waals surface area contributed by atoms with Crippen LogP contribution in [-0.4, -0.2) is 0 Å². The van der Waals surface area contributed by atoms with E-state index in [4.69, 9.17) is 0 Å². The quantitative estimate of drug-likeness (QED) is 0.208. The number of benzene rings is 1. The van der Waals surface area contributed by atoms with Gasteiger partial charge in [0.1, 0.15) is 0 Å². The maximum absolute atomic E-state index is 3.85. The van der Waals surface area contributed by atoms with Gasteiger partial charge >= 0.3 is 0 Å². The molecule has 0 spiro atoms. The lowest BCUT2D eigenvalue weighted by molar-refractivity contribution is 1.41. The van der Waals surface area contributed by atoms with Crippen molar-refractivity contribution in [2.45, 2.75) is 0 Å². The maximum Gasteiger partial charge on any atom is 0.0419 e. The summed E-state index contributed by atoms with van der Waals surface area (Å²) < 4.78 is 6.63. The molecule has 0 atom stereocenters. The molecule has 0 heterocycles.